The molecule has 0 saturated heterocycles. The number of oxime groups is 1. The van der Waals surface area contributed by atoms with Gasteiger partial charge in [0.05, 0.1) is 52.2 Å². The number of carbonyl (C=O) groups is 2. The number of methoxy groups -OCH3 is 3. The molecule has 0 bridgehead atoms. The van der Waals surface area contributed by atoms with Crippen molar-refractivity contribution in [3.63, 3.8) is 0 Å². The van der Waals surface area contributed by atoms with Crippen molar-refractivity contribution in [2.45, 2.75) is 32.2 Å². The molecule has 0 aliphatic rings. The number of ether oxygens (including phenoxy) is 4. The van der Waals surface area contributed by atoms with Gasteiger partial charge in [0.15, 0.2) is 0 Å². The van der Waals surface area contributed by atoms with E-state index in [4.69, 9.17) is 24.2 Å². The second-order valence-corrected chi connectivity index (χ2v) is 7.13. The molecule has 2 rings (SSSR count). The van der Waals surface area contributed by atoms with Crippen LogP contribution >= 0.6 is 0 Å². The van der Waals surface area contributed by atoms with Crippen LogP contribution in [0.25, 0.3) is 11.1 Å². The number of nitrogens with one attached hydrogen (secondary N) is 1. The molecule has 9 heteroatoms. The Balaban J connectivity index is 2.35. The maximum absolute atomic E-state index is 12.2. The number of hydrogen-bond donors (Lipinski definition) is 2. The van der Waals surface area contributed by atoms with Crippen molar-refractivity contribution >= 4 is 18.3 Å². The van der Waals surface area contributed by atoms with E-state index in [9.17, 15) is 9.59 Å². The molecule has 178 valence electrons. The number of esters is 1. The van der Waals surface area contributed by atoms with Crippen molar-refractivity contribution in [3.05, 3.63) is 47.5 Å². The second-order valence-electron chi connectivity index (χ2n) is 7.13. The van der Waals surface area contributed by atoms with E-state index in [0.29, 0.717) is 34.8 Å². The lowest BCUT2D eigenvalue weighted by Crippen LogP contribution is -2.31. The topological polar surface area (TPSA) is 116 Å². The summed E-state index contributed by atoms with van der Waals surface area (Å²) in [5.74, 6) is 0.601. The molecular formula is C24H30N2O7. The summed E-state index contributed by atoms with van der Waals surface area (Å²) in [5, 5.41) is 14.6. The first-order valence-corrected chi connectivity index (χ1v) is 10.5. The molecule has 0 spiro atoms. The van der Waals surface area contributed by atoms with Gasteiger partial charge in [0.25, 0.3) is 0 Å². The Labute approximate surface area is 193 Å². The third-order valence-corrected chi connectivity index (χ3v) is 4.96. The van der Waals surface area contributed by atoms with E-state index in [-0.39, 0.29) is 6.42 Å². The molecule has 1 amide bonds. The van der Waals surface area contributed by atoms with Crippen LogP contribution in [0.5, 0.6) is 11.5 Å². The fourth-order valence-corrected chi connectivity index (χ4v) is 3.24. The predicted molar refractivity (Wildman–Crippen MR) is 123 cm³/mol. The number of alkyl carbamates (subject to hydrolysis) is 1. The van der Waals surface area contributed by atoms with Crippen LogP contribution in [0.4, 0.5) is 4.79 Å². The molecule has 0 aliphatic carbocycles. The summed E-state index contributed by atoms with van der Waals surface area (Å²) in [6, 6.07) is 10.1. The lowest BCUT2D eigenvalue weighted by Gasteiger charge is -2.19. The quantitative estimate of drug-likeness (QED) is 0.169. The number of rotatable bonds is 11. The van der Waals surface area contributed by atoms with Gasteiger partial charge in [-0.1, -0.05) is 42.8 Å². The lowest BCUT2D eigenvalue weighted by atomic mass is 9.97. The second kappa shape index (κ2) is 12.9. The first-order chi connectivity index (χ1) is 16.0. The summed E-state index contributed by atoms with van der Waals surface area (Å²) in [6.45, 7) is 2.31. The molecule has 9 nitrogen and oxygen atoms in total. The number of nitrogens with zero attached hydrogens (tertiary/aromatic N) is 1. The maximum Gasteiger partial charge on any atom is 0.407 e. The number of hydrogen-bond acceptors (Lipinski definition) is 8. The van der Waals surface area contributed by atoms with E-state index in [1.165, 1.54) is 27.5 Å². The van der Waals surface area contributed by atoms with Crippen LogP contribution in [-0.4, -0.2) is 51.4 Å². The van der Waals surface area contributed by atoms with Crippen LogP contribution in [0.15, 0.2) is 41.6 Å². The van der Waals surface area contributed by atoms with E-state index in [0.717, 1.165) is 18.4 Å². The Kier molecular flexibility index (Phi) is 10.0. The third-order valence-electron chi connectivity index (χ3n) is 4.96. The number of carbonyl (C=O) groups excluding carboxylic acids is 2. The summed E-state index contributed by atoms with van der Waals surface area (Å²) < 4.78 is 21.0. The van der Waals surface area contributed by atoms with E-state index >= 15 is 0 Å². The molecule has 0 aromatic heterocycles. The minimum Gasteiger partial charge on any atom is -0.496 e. The van der Waals surface area contributed by atoms with E-state index < -0.39 is 18.1 Å². The molecule has 33 heavy (non-hydrogen) atoms. The molecule has 2 N–H and O–H groups in total. The van der Waals surface area contributed by atoms with Gasteiger partial charge in [0.2, 0.25) is 0 Å². The fraction of sp³-hybridized carbons (Fsp3) is 0.375. The number of benzene rings is 2. The van der Waals surface area contributed by atoms with Crippen LogP contribution in [-0.2, 0) is 14.3 Å². The smallest absolute Gasteiger partial charge is 0.407 e. The zero-order valence-corrected chi connectivity index (χ0v) is 19.3. The summed E-state index contributed by atoms with van der Waals surface area (Å²) in [7, 11) is 4.37. The summed E-state index contributed by atoms with van der Waals surface area (Å²) in [4.78, 5) is 24.1. The van der Waals surface area contributed by atoms with Crippen molar-refractivity contribution in [3.8, 4) is 22.6 Å². The molecule has 0 aliphatic heterocycles. The van der Waals surface area contributed by atoms with Gasteiger partial charge in [0.1, 0.15) is 11.5 Å². The first-order valence-electron chi connectivity index (χ1n) is 10.5. The molecule has 1 unspecified atom stereocenters. The molecule has 0 saturated carbocycles. The monoisotopic (exact) mass is 458 g/mol. The van der Waals surface area contributed by atoms with Crippen molar-refractivity contribution in [2.75, 3.05) is 27.9 Å². The summed E-state index contributed by atoms with van der Waals surface area (Å²) >= 11 is 0. The van der Waals surface area contributed by atoms with E-state index in [1.807, 2.05) is 19.1 Å². The van der Waals surface area contributed by atoms with Crippen LogP contribution in [0, 0.1) is 0 Å². The van der Waals surface area contributed by atoms with Crippen molar-refractivity contribution in [2.24, 2.45) is 5.16 Å². The van der Waals surface area contributed by atoms with Gasteiger partial charge in [-0.3, -0.25) is 4.79 Å². The average Bonchev–Trinajstić information content (AvgIpc) is 2.83. The van der Waals surface area contributed by atoms with Gasteiger partial charge in [-0.05, 0) is 29.7 Å². The highest BCUT2D eigenvalue weighted by Crippen LogP contribution is 2.39. The molecule has 2 aromatic carbocycles. The number of unbranched alkanes of at least 4 members (excludes halogenated alkanes) is 1. The molecule has 0 fully saturated rings. The number of amides is 1. The van der Waals surface area contributed by atoms with Crippen molar-refractivity contribution in [1.82, 2.24) is 5.32 Å². The first kappa shape index (κ1) is 25.5. The Morgan fingerprint density at radius 1 is 1.09 bits per heavy atom. The minimum absolute atomic E-state index is 0.0411. The SMILES string of the molecule is CCCCOC(=O)NC(CC(=O)OC)c1ccc(-c2c(OC)cc(C=NO)cc2OC)cc1. The largest absolute Gasteiger partial charge is 0.496 e. The van der Waals surface area contributed by atoms with Crippen LogP contribution in [0.3, 0.4) is 0 Å². The highest BCUT2D eigenvalue weighted by Gasteiger charge is 2.21. The Morgan fingerprint density at radius 3 is 2.24 bits per heavy atom. The molecule has 2 aromatic rings. The summed E-state index contributed by atoms with van der Waals surface area (Å²) in [5.41, 5.74) is 2.81. The zero-order valence-electron chi connectivity index (χ0n) is 19.3. The van der Waals surface area contributed by atoms with Gasteiger partial charge in [0, 0.05) is 5.56 Å². The van der Waals surface area contributed by atoms with Crippen molar-refractivity contribution in [1.29, 1.82) is 0 Å². The lowest BCUT2D eigenvalue weighted by molar-refractivity contribution is -0.141. The standard InChI is InChI=1S/C24H30N2O7/c1-5-6-11-33-24(28)26-19(14-22(27)32-4)17-7-9-18(10-8-17)23-20(30-2)12-16(15-25-29)13-21(23)31-3/h7-10,12-13,15,19,29H,5-6,11,14H2,1-4H3,(H,26,28). The third kappa shape index (κ3) is 7.13. The molecule has 1 atom stereocenters. The normalized spacial score (nSPS) is 11.6. The maximum atomic E-state index is 12.2. The Morgan fingerprint density at radius 2 is 1.73 bits per heavy atom. The van der Waals surface area contributed by atoms with Crippen LogP contribution < -0.4 is 14.8 Å². The van der Waals surface area contributed by atoms with Gasteiger partial charge < -0.3 is 29.5 Å². The van der Waals surface area contributed by atoms with Crippen molar-refractivity contribution < 1.29 is 33.7 Å². The Hall–Kier alpha value is -3.75. The molecule has 0 heterocycles. The highest BCUT2D eigenvalue weighted by molar-refractivity contribution is 5.86. The molecular weight excluding hydrogens is 428 g/mol. The van der Waals surface area contributed by atoms with Gasteiger partial charge in [-0.25, -0.2) is 4.79 Å². The average molecular weight is 459 g/mol. The van der Waals surface area contributed by atoms with E-state index in [1.54, 1.807) is 24.3 Å². The minimum atomic E-state index is -0.618. The summed E-state index contributed by atoms with van der Waals surface area (Å²) in [6.07, 6.45) is 2.31. The zero-order chi connectivity index (χ0) is 24.2. The highest BCUT2D eigenvalue weighted by atomic mass is 16.5. The fourth-order valence-electron chi connectivity index (χ4n) is 3.24. The van der Waals surface area contributed by atoms with Crippen LogP contribution in [0.1, 0.15) is 43.4 Å². The van der Waals surface area contributed by atoms with Crippen LogP contribution in [0.2, 0.25) is 0 Å². The van der Waals surface area contributed by atoms with Gasteiger partial charge >= 0.3 is 12.1 Å². The van der Waals surface area contributed by atoms with Gasteiger partial charge in [-0.15, -0.1) is 0 Å². The van der Waals surface area contributed by atoms with E-state index in [2.05, 4.69) is 10.5 Å². The van der Waals surface area contributed by atoms with Gasteiger partial charge in [-0.2, -0.15) is 0 Å². The Bertz CT molecular complexity index is 933. The predicted octanol–water partition coefficient (Wildman–Crippen LogP) is 4.31. The molecule has 0 radical (unpaired) electrons.